The van der Waals surface area contributed by atoms with Crippen LogP contribution in [0.2, 0.25) is 0 Å². The van der Waals surface area contributed by atoms with Crippen LogP contribution in [-0.2, 0) is 9.59 Å². The molecular weight excluding hydrogens is 590 g/mol. The Balaban J connectivity index is 1.61. The third kappa shape index (κ3) is 8.64. The van der Waals surface area contributed by atoms with Gasteiger partial charge in [0.05, 0.1) is 11.6 Å². The topological polar surface area (TPSA) is 105 Å². The lowest BCUT2D eigenvalue weighted by Gasteiger charge is -2.42. The van der Waals surface area contributed by atoms with Crippen LogP contribution in [-0.4, -0.2) is 46.3 Å². The van der Waals surface area contributed by atoms with E-state index in [1.807, 2.05) is 13.8 Å². The minimum atomic E-state index is -3.39. The van der Waals surface area contributed by atoms with E-state index in [-0.39, 0.29) is 35.0 Å². The molecule has 0 radical (unpaired) electrons. The fourth-order valence-corrected chi connectivity index (χ4v) is 7.01. The Bertz CT molecular complexity index is 1290. The number of carbonyl (C=O) groups is 3. The lowest BCUT2D eigenvalue weighted by molar-refractivity contribution is -0.126. The van der Waals surface area contributed by atoms with Crippen molar-refractivity contribution in [2.45, 2.75) is 116 Å². The average Bonchev–Trinajstić information content (AvgIpc) is 3.53. The van der Waals surface area contributed by atoms with E-state index in [1.165, 1.54) is 19.1 Å². The van der Waals surface area contributed by atoms with Gasteiger partial charge in [-0.25, -0.2) is 17.6 Å². The molecule has 2 saturated carbocycles. The zero-order chi connectivity index (χ0) is 32.7. The molecule has 1 aromatic carbocycles. The van der Waals surface area contributed by atoms with Gasteiger partial charge in [0, 0.05) is 12.2 Å². The molecule has 8 nitrogen and oxygen atoms in total. The highest BCUT2D eigenvalue weighted by Gasteiger charge is 2.41. The van der Waals surface area contributed by atoms with Crippen molar-refractivity contribution in [1.29, 1.82) is 0 Å². The largest absolute Gasteiger partial charge is 0.339 e. The van der Waals surface area contributed by atoms with E-state index in [0.717, 1.165) is 70.3 Å². The highest BCUT2D eigenvalue weighted by Crippen LogP contribution is 2.42. The van der Waals surface area contributed by atoms with E-state index in [0.29, 0.717) is 5.69 Å². The number of aromatic nitrogens is 2. The summed E-state index contributed by atoms with van der Waals surface area (Å²) in [6.07, 6.45) is 5.63. The second kappa shape index (κ2) is 15.7. The summed E-state index contributed by atoms with van der Waals surface area (Å²) < 4.78 is 55.4. The molecule has 2 aliphatic carbocycles. The lowest BCUT2D eigenvalue weighted by Crippen LogP contribution is -2.53. The van der Waals surface area contributed by atoms with Crippen molar-refractivity contribution in [3.63, 3.8) is 0 Å². The summed E-state index contributed by atoms with van der Waals surface area (Å²) >= 11 is 0. The fraction of sp³-hybridized carbons (Fsp3) is 0.636. The van der Waals surface area contributed by atoms with Gasteiger partial charge in [0.15, 0.2) is 0 Å². The van der Waals surface area contributed by atoms with Crippen molar-refractivity contribution < 1.29 is 31.9 Å². The number of hydrogen-bond donors (Lipinski definition) is 3. The predicted octanol–water partition coefficient (Wildman–Crippen LogP) is 6.90. The highest BCUT2D eigenvalue weighted by atomic mass is 19.3. The molecule has 0 saturated heterocycles. The summed E-state index contributed by atoms with van der Waals surface area (Å²) in [7, 11) is 0. The minimum absolute atomic E-state index is 0.0799. The number of nitrogens with one attached hydrogen (secondary N) is 3. The number of nitrogens with zero attached hydrogens (tertiary/aromatic N) is 2. The van der Waals surface area contributed by atoms with Crippen molar-refractivity contribution in [2.75, 3.05) is 5.32 Å². The van der Waals surface area contributed by atoms with Crippen LogP contribution in [0.3, 0.4) is 0 Å². The molecule has 0 spiro atoms. The molecule has 1 aromatic heterocycles. The summed E-state index contributed by atoms with van der Waals surface area (Å²) in [6.45, 7) is 5.16. The van der Waals surface area contributed by atoms with Gasteiger partial charge in [-0.15, -0.1) is 0 Å². The molecule has 2 aromatic rings. The number of benzene rings is 1. The van der Waals surface area contributed by atoms with Gasteiger partial charge in [0.2, 0.25) is 18.1 Å². The first-order valence-corrected chi connectivity index (χ1v) is 16.1. The van der Waals surface area contributed by atoms with E-state index >= 15 is 4.39 Å². The van der Waals surface area contributed by atoms with E-state index < -0.39 is 48.2 Å². The van der Waals surface area contributed by atoms with E-state index in [2.05, 4.69) is 15.7 Å². The number of rotatable bonds is 12. The van der Waals surface area contributed by atoms with Gasteiger partial charge >= 0.3 is 0 Å². The molecule has 3 amide bonds. The normalized spacial score (nSPS) is 18.5. The molecule has 3 N–H and O–H groups in total. The zero-order valence-corrected chi connectivity index (χ0v) is 26.2. The maximum Gasteiger partial charge on any atom is 0.287 e. The second-order valence-electron chi connectivity index (χ2n) is 12.8. The van der Waals surface area contributed by atoms with Gasteiger partial charge in [0.25, 0.3) is 12.3 Å². The molecule has 3 atom stereocenters. The highest BCUT2D eigenvalue weighted by molar-refractivity contribution is 6.01. The number of alkyl halides is 3. The minimum Gasteiger partial charge on any atom is -0.339 e. The Kier molecular flexibility index (Phi) is 12.0. The van der Waals surface area contributed by atoms with Crippen molar-refractivity contribution >= 4 is 23.4 Å². The first kappa shape index (κ1) is 34.4. The van der Waals surface area contributed by atoms with Crippen LogP contribution in [0.15, 0.2) is 30.5 Å². The molecular formula is C33H45F4N5O3. The Morgan fingerprint density at radius 3 is 1.98 bits per heavy atom. The third-order valence-corrected chi connectivity index (χ3v) is 9.38. The summed E-state index contributed by atoms with van der Waals surface area (Å²) in [5.41, 5.74) is 0.308. The maximum absolute atomic E-state index is 15.4. The van der Waals surface area contributed by atoms with Crippen LogP contribution in [0.1, 0.15) is 113 Å². The molecule has 2 fully saturated rings. The summed E-state index contributed by atoms with van der Waals surface area (Å²) in [4.78, 5) is 40.1. The van der Waals surface area contributed by atoms with E-state index in [9.17, 15) is 27.6 Å². The van der Waals surface area contributed by atoms with E-state index in [1.54, 1.807) is 22.3 Å². The molecule has 2 aliphatic rings. The smallest absolute Gasteiger partial charge is 0.287 e. The van der Waals surface area contributed by atoms with Crippen molar-refractivity contribution in [1.82, 2.24) is 20.4 Å². The average molecular weight is 636 g/mol. The molecule has 45 heavy (non-hydrogen) atoms. The van der Waals surface area contributed by atoms with Crippen LogP contribution in [0, 0.1) is 23.6 Å². The van der Waals surface area contributed by atoms with Crippen LogP contribution in [0.4, 0.5) is 23.2 Å². The number of halogens is 4. The molecule has 4 rings (SSSR count). The van der Waals surface area contributed by atoms with E-state index in [4.69, 9.17) is 0 Å². The maximum atomic E-state index is 15.4. The van der Waals surface area contributed by atoms with Crippen LogP contribution >= 0.6 is 0 Å². The zero-order valence-electron chi connectivity index (χ0n) is 26.2. The predicted molar refractivity (Wildman–Crippen MR) is 163 cm³/mol. The first-order chi connectivity index (χ1) is 21.5. The monoisotopic (exact) mass is 635 g/mol. The summed E-state index contributed by atoms with van der Waals surface area (Å²) in [6, 6.07) is 4.29. The lowest BCUT2D eigenvalue weighted by atomic mass is 9.66. The number of amides is 3. The van der Waals surface area contributed by atoms with Gasteiger partial charge in [-0.05, 0) is 62.3 Å². The second-order valence-corrected chi connectivity index (χ2v) is 12.8. The standard InChI is InChI=1S/C33H45F4N5O3/c1-19(2)42-26(16-17-38-42)32(44)40-28(27(21-10-6-4-7-11-21)22-12-8-5-9-13-22)33(45)39-25-15-14-23(18-24(25)34)20(3)31(43)41-30(37)29(35)36/h14-22,27-30H,4-13H2,1-3H3,(H,39,45)(H,40,44)(H,41,43). The SMILES string of the molecule is CC(C(=O)NC(F)C(F)F)c1ccc(NC(=O)C(NC(=O)c2ccnn2C(C)C)C(C2CCCCC2)C2CCCCC2)c(F)c1. The summed E-state index contributed by atoms with van der Waals surface area (Å²) in [5.74, 6) is -3.63. The summed E-state index contributed by atoms with van der Waals surface area (Å²) in [5, 5.41) is 11.6. The van der Waals surface area contributed by atoms with Crippen LogP contribution < -0.4 is 16.0 Å². The van der Waals surface area contributed by atoms with Gasteiger partial charge in [-0.2, -0.15) is 5.10 Å². The Morgan fingerprint density at radius 1 is 0.844 bits per heavy atom. The van der Waals surface area contributed by atoms with Gasteiger partial charge in [-0.1, -0.05) is 70.3 Å². The van der Waals surface area contributed by atoms with Crippen LogP contribution in [0.5, 0.6) is 0 Å². The number of hydrogen-bond acceptors (Lipinski definition) is 4. The van der Waals surface area contributed by atoms with Gasteiger partial charge in [-0.3, -0.25) is 19.1 Å². The Labute approximate surface area is 262 Å². The van der Waals surface area contributed by atoms with Gasteiger partial charge < -0.3 is 16.0 Å². The molecule has 1 heterocycles. The van der Waals surface area contributed by atoms with Crippen molar-refractivity contribution in [3.8, 4) is 0 Å². The van der Waals surface area contributed by atoms with Crippen molar-refractivity contribution in [3.05, 3.63) is 47.5 Å². The Hall–Kier alpha value is -3.44. The number of carbonyl (C=O) groups excluding carboxylic acids is 3. The quantitative estimate of drug-likeness (QED) is 0.174. The molecule has 248 valence electrons. The van der Waals surface area contributed by atoms with Gasteiger partial charge in [0.1, 0.15) is 17.6 Å². The number of anilines is 1. The van der Waals surface area contributed by atoms with Crippen LogP contribution in [0.25, 0.3) is 0 Å². The van der Waals surface area contributed by atoms with Crippen molar-refractivity contribution in [2.24, 2.45) is 17.8 Å². The fourth-order valence-electron chi connectivity index (χ4n) is 7.01. The molecule has 12 heteroatoms. The third-order valence-electron chi connectivity index (χ3n) is 9.38. The molecule has 0 bridgehead atoms. The molecule has 3 unspecified atom stereocenters. The Morgan fingerprint density at radius 2 is 1.44 bits per heavy atom. The first-order valence-electron chi connectivity index (χ1n) is 16.1. The molecule has 0 aliphatic heterocycles.